The van der Waals surface area contributed by atoms with E-state index in [0.29, 0.717) is 23.5 Å². The SMILES string of the molecule is NC(=O)c1cnc(NC2CC(CO)C2)nc1. The Morgan fingerprint density at radius 2 is 2.12 bits per heavy atom. The number of primary amides is 1. The monoisotopic (exact) mass is 222 g/mol. The van der Waals surface area contributed by atoms with E-state index in [1.807, 2.05) is 0 Å². The fourth-order valence-electron chi connectivity index (χ4n) is 1.72. The lowest BCUT2D eigenvalue weighted by molar-refractivity contribution is 0.0999. The smallest absolute Gasteiger partial charge is 0.251 e. The zero-order chi connectivity index (χ0) is 11.5. The molecule has 6 nitrogen and oxygen atoms in total. The Kier molecular flexibility index (Phi) is 3.00. The first-order chi connectivity index (χ1) is 7.69. The first-order valence-corrected chi connectivity index (χ1v) is 5.18. The van der Waals surface area contributed by atoms with Gasteiger partial charge in [0.2, 0.25) is 5.95 Å². The standard InChI is InChI=1S/C10H14N4O2/c11-9(16)7-3-12-10(13-4-7)14-8-1-6(2-8)5-15/h3-4,6,8,15H,1-2,5H2,(H2,11,16)(H,12,13,14). The van der Waals surface area contributed by atoms with E-state index < -0.39 is 5.91 Å². The molecule has 1 heterocycles. The summed E-state index contributed by atoms with van der Waals surface area (Å²) in [5.41, 5.74) is 5.37. The van der Waals surface area contributed by atoms with E-state index in [-0.39, 0.29) is 6.61 Å². The van der Waals surface area contributed by atoms with Crippen molar-refractivity contribution in [3.05, 3.63) is 18.0 Å². The topological polar surface area (TPSA) is 101 Å². The fraction of sp³-hybridized carbons (Fsp3) is 0.500. The second kappa shape index (κ2) is 4.44. The molecule has 16 heavy (non-hydrogen) atoms. The number of aliphatic hydroxyl groups is 1. The molecular formula is C10H14N4O2. The molecule has 0 bridgehead atoms. The molecule has 0 spiro atoms. The Balaban J connectivity index is 1.89. The highest BCUT2D eigenvalue weighted by Gasteiger charge is 2.28. The van der Waals surface area contributed by atoms with Crippen LogP contribution in [0.4, 0.5) is 5.95 Å². The van der Waals surface area contributed by atoms with Gasteiger partial charge in [-0.15, -0.1) is 0 Å². The zero-order valence-corrected chi connectivity index (χ0v) is 8.76. The van der Waals surface area contributed by atoms with Crippen molar-refractivity contribution in [2.75, 3.05) is 11.9 Å². The van der Waals surface area contributed by atoms with Crippen LogP contribution in [0.15, 0.2) is 12.4 Å². The first-order valence-electron chi connectivity index (χ1n) is 5.18. The lowest BCUT2D eigenvalue weighted by Crippen LogP contribution is -2.37. The largest absolute Gasteiger partial charge is 0.396 e. The van der Waals surface area contributed by atoms with Crippen LogP contribution in [0.3, 0.4) is 0 Å². The second-order valence-electron chi connectivity index (χ2n) is 4.02. The van der Waals surface area contributed by atoms with Gasteiger partial charge in [0.15, 0.2) is 0 Å². The van der Waals surface area contributed by atoms with Crippen LogP contribution >= 0.6 is 0 Å². The van der Waals surface area contributed by atoms with Crippen LogP contribution in [0.25, 0.3) is 0 Å². The van der Waals surface area contributed by atoms with E-state index in [1.54, 1.807) is 0 Å². The summed E-state index contributed by atoms with van der Waals surface area (Å²) < 4.78 is 0. The maximum atomic E-state index is 10.8. The highest BCUT2D eigenvalue weighted by molar-refractivity contribution is 5.92. The summed E-state index contributed by atoms with van der Waals surface area (Å²) in [7, 11) is 0. The van der Waals surface area contributed by atoms with Gasteiger partial charge in [0.05, 0.1) is 5.56 Å². The van der Waals surface area contributed by atoms with Crippen LogP contribution in [0.5, 0.6) is 0 Å². The van der Waals surface area contributed by atoms with Crippen LogP contribution in [0.2, 0.25) is 0 Å². The molecule has 0 atom stereocenters. The molecule has 1 fully saturated rings. The number of carbonyl (C=O) groups excluding carboxylic acids is 1. The Hall–Kier alpha value is -1.69. The van der Waals surface area contributed by atoms with Crippen LogP contribution in [0.1, 0.15) is 23.2 Å². The summed E-state index contributed by atoms with van der Waals surface area (Å²) in [4.78, 5) is 18.8. The minimum absolute atomic E-state index is 0.236. The van der Waals surface area contributed by atoms with Crippen molar-refractivity contribution < 1.29 is 9.90 Å². The molecule has 2 rings (SSSR count). The van der Waals surface area contributed by atoms with Gasteiger partial charge in [0, 0.05) is 25.0 Å². The van der Waals surface area contributed by atoms with Gasteiger partial charge in [-0.2, -0.15) is 0 Å². The van der Waals surface area contributed by atoms with Gasteiger partial charge in [-0.3, -0.25) is 4.79 Å². The number of nitrogens with one attached hydrogen (secondary N) is 1. The van der Waals surface area contributed by atoms with Crippen molar-refractivity contribution >= 4 is 11.9 Å². The van der Waals surface area contributed by atoms with Gasteiger partial charge in [0.25, 0.3) is 5.91 Å². The number of rotatable bonds is 4. The van der Waals surface area contributed by atoms with Crippen LogP contribution in [-0.4, -0.2) is 33.6 Å². The van der Waals surface area contributed by atoms with E-state index in [1.165, 1.54) is 12.4 Å². The van der Waals surface area contributed by atoms with Crippen LogP contribution < -0.4 is 11.1 Å². The molecule has 1 amide bonds. The van der Waals surface area contributed by atoms with Crippen molar-refractivity contribution in [3.8, 4) is 0 Å². The molecule has 0 saturated heterocycles. The molecule has 0 aromatic carbocycles. The van der Waals surface area contributed by atoms with E-state index in [9.17, 15) is 4.79 Å². The Morgan fingerprint density at radius 3 is 2.62 bits per heavy atom. The number of hydrogen-bond donors (Lipinski definition) is 3. The maximum absolute atomic E-state index is 10.8. The molecule has 0 radical (unpaired) electrons. The quantitative estimate of drug-likeness (QED) is 0.652. The summed E-state index contributed by atoms with van der Waals surface area (Å²) in [6.07, 6.45) is 4.66. The molecule has 0 unspecified atom stereocenters. The third kappa shape index (κ3) is 2.27. The van der Waals surface area contributed by atoms with Gasteiger partial charge in [-0.1, -0.05) is 0 Å². The van der Waals surface area contributed by atoms with Gasteiger partial charge in [-0.25, -0.2) is 9.97 Å². The number of amides is 1. The molecular weight excluding hydrogens is 208 g/mol. The number of nitrogens with two attached hydrogens (primary N) is 1. The first kappa shape index (κ1) is 10.8. The van der Waals surface area contributed by atoms with E-state index in [2.05, 4.69) is 15.3 Å². The van der Waals surface area contributed by atoms with Crippen molar-refractivity contribution in [3.63, 3.8) is 0 Å². The van der Waals surface area contributed by atoms with Gasteiger partial charge >= 0.3 is 0 Å². The molecule has 1 saturated carbocycles. The van der Waals surface area contributed by atoms with Crippen molar-refractivity contribution in [1.82, 2.24) is 9.97 Å². The van der Waals surface area contributed by atoms with Gasteiger partial charge in [-0.05, 0) is 18.8 Å². The van der Waals surface area contributed by atoms with Gasteiger partial charge in [0.1, 0.15) is 0 Å². The lowest BCUT2D eigenvalue weighted by Gasteiger charge is -2.34. The van der Waals surface area contributed by atoms with Crippen LogP contribution in [0, 0.1) is 5.92 Å². The highest BCUT2D eigenvalue weighted by Crippen LogP contribution is 2.28. The third-order valence-electron chi connectivity index (χ3n) is 2.76. The molecule has 86 valence electrons. The van der Waals surface area contributed by atoms with Gasteiger partial charge < -0.3 is 16.2 Å². The predicted octanol–water partition coefficient (Wildman–Crippen LogP) is -0.242. The molecule has 6 heteroatoms. The summed E-state index contributed by atoms with van der Waals surface area (Å²) in [6, 6.07) is 0.316. The van der Waals surface area contributed by atoms with E-state index in [4.69, 9.17) is 10.8 Å². The molecule has 1 aliphatic carbocycles. The normalized spacial score (nSPS) is 23.6. The van der Waals surface area contributed by atoms with Crippen molar-refractivity contribution in [1.29, 1.82) is 0 Å². The highest BCUT2D eigenvalue weighted by atomic mass is 16.3. The average Bonchev–Trinajstić information content (AvgIpc) is 2.23. The number of aromatic nitrogens is 2. The summed E-state index contributed by atoms with van der Waals surface area (Å²) in [5.74, 6) is 0.351. The van der Waals surface area contributed by atoms with E-state index >= 15 is 0 Å². The number of carbonyl (C=O) groups is 1. The Morgan fingerprint density at radius 1 is 1.50 bits per heavy atom. The second-order valence-corrected chi connectivity index (χ2v) is 4.02. The Labute approximate surface area is 92.9 Å². The van der Waals surface area contributed by atoms with Crippen LogP contribution in [-0.2, 0) is 0 Å². The zero-order valence-electron chi connectivity index (χ0n) is 8.76. The molecule has 1 aromatic heterocycles. The summed E-state index contributed by atoms with van der Waals surface area (Å²) >= 11 is 0. The minimum atomic E-state index is -0.532. The van der Waals surface area contributed by atoms with E-state index in [0.717, 1.165) is 12.8 Å². The number of aliphatic hydroxyl groups excluding tert-OH is 1. The molecule has 1 aliphatic rings. The van der Waals surface area contributed by atoms with Crippen molar-refractivity contribution in [2.24, 2.45) is 11.7 Å². The summed E-state index contributed by atoms with van der Waals surface area (Å²) in [5, 5.41) is 12.0. The average molecular weight is 222 g/mol. The molecule has 1 aromatic rings. The molecule has 0 aliphatic heterocycles. The third-order valence-corrected chi connectivity index (χ3v) is 2.76. The summed E-state index contributed by atoms with van der Waals surface area (Å²) in [6.45, 7) is 0.236. The Bertz CT molecular complexity index is 373. The predicted molar refractivity (Wildman–Crippen MR) is 57.8 cm³/mol. The maximum Gasteiger partial charge on any atom is 0.251 e. The number of nitrogens with zero attached hydrogens (tertiary/aromatic N) is 2. The number of anilines is 1. The number of hydrogen-bond acceptors (Lipinski definition) is 5. The lowest BCUT2D eigenvalue weighted by atomic mass is 9.81. The molecule has 4 N–H and O–H groups in total. The minimum Gasteiger partial charge on any atom is -0.396 e. The fourth-order valence-corrected chi connectivity index (χ4v) is 1.72. The van der Waals surface area contributed by atoms with Crippen molar-refractivity contribution in [2.45, 2.75) is 18.9 Å².